The molecule has 9 nitrogen and oxygen atoms in total. The summed E-state index contributed by atoms with van der Waals surface area (Å²) in [4.78, 5) is 57.4. The average Bonchev–Trinajstić information content (AvgIpc) is 3.56. The molecule has 0 aliphatic heterocycles. The largest absolute Gasteiger partial charge is 0.424 e. The van der Waals surface area contributed by atoms with Gasteiger partial charge in [-0.1, -0.05) is 85.8 Å². The van der Waals surface area contributed by atoms with Gasteiger partial charge in [0, 0.05) is 12.0 Å². The highest BCUT2D eigenvalue weighted by molar-refractivity contribution is 7.21. The summed E-state index contributed by atoms with van der Waals surface area (Å²) >= 11 is 1.20. The molecule has 1 atom stereocenters. The molecule has 2 N–H and O–H groups in total. The molecule has 0 aliphatic carbocycles. The number of aromatic nitrogens is 5. The third-order valence-corrected chi connectivity index (χ3v) is 13.1. The summed E-state index contributed by atoms with van der Waals surface area (Å²) < 4.78 is 0.979. The Morgan fingerprint density at radius 2 is 1.56 bits per heavy atom. The molecule has 3 aromatic heterocycles. The van der Waals surface area contributed by atoms with Crippen LogP contribution in [0.5, 0.6) is 0 Å². The van der Waals surface area contributed by atoms with Gasteiger partial charge in [0.15, 0.2) is 5.78 Å². The van der Waals surface area contributed by atoms with Crippen LogP contribution in [0.3, 0.4) is 0 Å². The Morgan fingerprint density at radius 1 is 1.03 bits per heavy atom. The van der Waals surface area contributed by atoms with Crippen molar-refractivity contribution in [3.05, 3.63) is 99.5 Å². The fourth-order valence-corrected chi connectivity index (χ4v) is 10.0. The molecule has 3 heterocycles. The number of aromatic amines is 1. The minimum absolute atomic E-state index is 0.0321. The fraction of sp³-hybridized carbons (Fsp3) is 0.250. The molecule has 0 saturated carbocycles. The molecule has 0 bridgehead atoms. The minimum Gasteiger partial charge on any atom is -0.424 e. The van der Waals surface area contributed by atoms with Gasteiger partial charge in [-0.15, -0.1) is 4.80 Å². The van der Waals surface area contributed by atoms with Crippen LogP contribution in [0, 0.1) is 6.92 Å². The predicted octanol–water partition coefficient (Wildman–Crippen LogP) is 2.69. The zero-order chi connectivity index (χ0) is 27.9. The lowest BCUT2D eigenvalue weighted by molar-refractivity contribution is -0.122. The maximum absolute atomic E-state index is 13.8. The topological polar surface area (TPSA) is 123 Å². The van der Waals surface area contributed by atoms with Gasteiger partial charge < -0.3 is 4.80 Å². The van der Waals surface area contributed by atoms with Crippen molar-refractivity contribution in [2.24, 2.45) is 0 Å². The first-order chi connectivity index (χ1) is 18.6. The van der Waals surface area contributed by atoms with Crippen molar-refractivity contribution in [1.82, 2.24) is 24.5 Å². The number of nitrogens with zero attached hydrogens (tertiary/aromatic N) is 4. The summed E-state index contributed by atoms with van der Waals surface area (Å²) in [5.74, 6) is -0.313. The predicted molar refractivity (Wildman–Crippen MR) is 155 cm³/mol. The molecular formula is C28H29N5O4SSi. The summed E-state index contributed by atoms with van der Waals surface area (Å²) in [7, 11) is -3.46. The van der Waals surface area contributed by atoms with E-state index in [0.29, 0.717) is 20.8 Å². The summed E-state index contributed by atoms with van der Waals surface area (Å²) in [6, 6.07) is 17.8. The molecule has 200 valence electrons. The Morgan fingerprint density at radius 3 is 2.10 bits per heavy atom. The van der Waals surface area contributed by atoms with Gasteiger partial charge in [0.25, 0.3) is 13.9 Å². The first-order valence-electron chi connectivity index (χ1n) is 12.6. The molecule has 0 amide bonds. The van der Waals surface area contributed by atoms with Crippen LogP contribution >= 0.6 is 11.3 Å². The number of H-pyrrole nitrogens is 1. The molecule has 5 rings (SSSR count). The Bertz CT molecular complexity index is 1720. The van der Waals surface area contributed by atoms with E-state index in [1.54, 1.807) is 13.8 Å². The average molecular weight is 560 g/mol. The van der Waals surface area contributed by atoms with E-state index in [1.807, 2.05) is 74.5 Å². The van der Waals surface area contributed by atoms with E-state index < -0.39 is 30.6 Å². The van der Waals surface area contributed by atoms with E-state index in [2.05, 4.69) is 15.2 Å². The zero-order valence-corrected chi connectivity index (χ0v) is 23.9. The highest BCUT2D eigenvalue weighted by atomic mass is 32.1. The smallest absolute Gasteiger partial charge is 0.330 e. The van der Waals surface area contributed by atoms with Crippen molar-refractivity contribution >= 4 is 46.0 Å². The quantitative estimate of drug-likeness (QED) is 0.282. The van der Waals surface area contributed by atoms with Crippen molar-refractivity contribution in [2.75, 3.05) is 0 Å². The normalized spacial score (nSPS) is 13.1. The van der Waals surface area contributed by atoms with Crippen LogP contribution in [0.25, 0.3) is 15.2 Å². The van der Waals surface area contributed by atoms with Crippen LogP contribution in [-0.4, -0.2) is 43.4 Å². The lowest BCUT2D eigenvalue weighted by Crippen LogP contribution is -2.65. The number of thiophene rings is 1. The molecule has 0 unspecified atom stereocenters. The lowest BCUT2D eigenvalue weighted by Gasteiger charge is -2.41. The van der Waals surface area contributed by atoms with Crippen LogP contribution in [0.1, 0.15) is 38.8 Å². The van der Waals surface area contributed by atoms with Crippen molar-refractivity contribution in [3.63, 3.8) is 0 Å². The number of carbonyl (C=O) groups is 1. The van der Waals surface area contributed by atoms with E-state index in [4.69, 9.17) is 0 Å². The van der Waals surface area contributed by atoms with Gasteiger partial charge in [0.2, 0.25) is 0 Å². The van der Waals surface area contributed by atoms with Crippen LogP contribution in [0.2, 0.25) is 5.04 Å². The summed E-state index contributed by atoms with van der Waals surface area (Å²) in [5, 5.41) is 9.91. The molecule has 5 aromatic rings. The maximum Gasteiger partial charge on any atom is 0.330 e. The number of aryl methyl sites for hydroxylation is 1. The number of carbonyl (C=O) groups excluding carboxylic acids is 1. The van der Waals surface area contributed by atoms with Crippen molar-refractivity contribution < 1.29 is 9.59 Å². The highest BCUT2D eigenvalue weighted by Gasteiger charge is 2.51. The molecule has 11 heteroatoms. The van der Waals surface area contributed by atoms with Crippen molar-refractivity contribution in [3.8, 4) is 5.00 Å². The van der Waals surface area contributed by atoms with Crippen LogP contribution in [0.4, 0.5) is 0 Å². The fourth-order valence-electron chi connectivity index (χ4n) is 5.24. The number of Topliss-reactive ketones (excluding diaryl/α,β-unsaturated/α-hetero) is 1. The van der Waals surface area contributed by atoms with Gasteiger partial charge in [-0.05, 0) is 29.3 Å². The standard InChI is InChI=1S/C28H29N5O4SSi/c1-18-23-24(38-26(18)33-29-15-16-30-33)31-27(36)32(25(23)35)19(2)22(34)17-28(3,4)39(37,20-11-7-5-8-12-20)21-13-9-6-10-14-21/h5-16,19,37H,17H2,1-4H3,(H,31,36)/t19-/m0/s1. The van der Waals surface area contributed by atoms with E-state index in [1.165, 1.54) is 28.5 Å². The number of rotatable bonds is 8. The summed E-state index contributed by atoms with van der Waals surface area (Å²) in [6.45, 7) is 7.09. The Labute approximate surface area is 229 Å². The molecule has 39 heavy (non-hydrogen) atoms. The molecule has 0 fully saturated rings. The Balaban J connectivity index is 1.54. The van der Waals surface area contributed by atoms with Crippen LogP contribution in [-0.2, 0) is 4.79 Å². The molecule has 0 spiro atoms. The first-order valence-corrected chi connectivity index (χ1v) is 15.3. The van der Waals surface area contributed by atoms with Gasteiger partial charge in [0.05, 0.1) is 23.8 Å². The number of fused-ring (bicyclic) bond motifs is 1. The van der Waals surface area contributed by atoms with Gasteiger partial charge in [-0.2, -0.15) is 10.2 Å². The third kappa shape index (κ3) is 4.42. The van der Waals surface area contributed by atoms with Gasteiger partial charge in [0.1, 0.15) is 9.83 Å². The second-order valence-corrected chi connectivity index (χ2v) is 15.2. The second kappa shape index (κ2) is 9.99. The van der Waals surface area contributed by atoms with Gasteiger partial charge in [-0.25, -0.2) is 9.36 Å². The molecule has 0 radical (unpaired) electrons. The highest BCUT2D eigenvalue weighted by Crippen LogP contribution is 2.40. The van der Waals surface area contributed by atoms with Gasteiger partial charge >= 0.3 is 5.69 Å². The van der Waals surface area contributed by atoms with E-state index in [9.17, 15) is 19.2 Å². The summed E-state index contributed by atoms with van der Waals surface area (Å²) in [6.07, 6.45) is 3.03. The molecule has 2 aromatic carbocycles. The SMILES string of the molecule is Cc1c(-n2nccn2)sc2[nH]c(=O)n([C@@H](C)C(=O)CC(C)(C)[Si](O)(c3ccccc3)c3ccccc3)c(=O)c12. The van der Waals surface area contributed by atoms with Crippen molar-refractivity contribution in [1.29, 1.82) is 0 Å². The monoisotopic (exact) mass is 559 g/mol. The number of hydrogen-bond acceptors (Lipinski definition) is 7. The van der Waals surface area contributed by atoms with E-state index in [-0.39, 0.29) is 12.2 Å². The zero-order valence-electron chi connectivity index (χ0n) is 22.1. The maximum atomic E-state index is 13.8. The van der Waals surface area contributed by atoms with Gasteiger partial charge in [-0.3, -0.25) is 14.6 Å². The number of benzene rings is 2. The molecular weight excluding hydrogens is 530 g/mol. The molecule has 0 aliphatic rings. The van der Waals surface area contributed by atoms with Crippen LogP contribution < -0.4 is 21.6 Å². The Kier molecular flexibility index (Phi) is 6.83. The lowest BCUT2D eigenvalue weighted by atomic mass is 10.0. The number of nitrogens with one attached hydrogen (secondary N) is 1. The summed E-state index contributed by atoms with van der Waals surface area (Å²) in [5.41, 5.74) is -0.583. The van der Waals surface area contributed by atoms with Crippen molar-refractivity contribution in [2.45, 2.75) is 45.2 Å². The second-order valence-electron chi connectivity index (χ2n) is 10.3. The number of hydrogen-bond donors (Lipinski definition) is 2. The Hall–Kier alpha value is -3.93. The first kappa shape index (κ1) is 26.7. The third-order valence-electron chi connectivity index (χ3n) is 7.43. The van der Waals surface area contributed by atoms with Crippen LogP contribution in [0.15, 0.2) is 82.6 Å². The van der Waals surface area contributed by atoms with E-state index in [0.717, 1.165) is 14.9 Å². The van der Waals surface area contributed by atoms with E-state index >= 15 is 0 Å². The minimum atomic E-state index is -3.46. The molecule has 0 saturated heterocycles. The number of ketones is 1.